The zero-order valence-corrected chi connectivity index (χ0v) is 18.8. The third kappa shape index (κ3) is 6.17. The fourth-order valence-electron chi connectivity index (χ4n) is 3.30. The van der Waals surface area contributed by atoms with Crippen LogP contribution in [0.15, 0.2) is 42.5 Å². The molecule has 2 amide bonds. The normalized spacial score (nSPS) is 14.4. The Balaban J connectivity index is 1.61. The monoisotopic (exact) mass is 516 g/mol. The summed E-state index contributed by atoms with van der Waals surface area (Å²) in [6.07, 6.45) is -2.33. The number of nitrogens with one attached hydrogen (secondary N) is 1. The Kier molecular flexibility index (Phi) is 7.68. The number of alkyl halides is 3. The number of carbonyl (C=O) groups excluding carboxylic acids is 2. The molecule has 0 atom stereocenters. The highest BCUT2D eigenvalue weighted by atomic mass is 35.5. The molecule has 0 radical (unpaired) electrons. The molecule has 13 heteroatoms. The van der Waals surface area contributed by atoms with Gasteiger partial charge in [-0.3, -0.25) is 19.7 Å². The van der Waals surface area contributed by atoms with Gasteiger partial charge in [-0.05, 0) is 35.9 Å². The molecular formula is C21H17Cl2F3N4O4. The van der Waals surface area contributed by atoms with E-state index in [2.05, 4.69) is 5.32 Å². The standard InChI is InChI=1S/C21H17Cl2F3N4O4/c22-15-4-1-13(11-18(15)30(33)34)2-6-19(31)27-14-3-5-17(16(23)12-14)28-7-9-29(10-8-28)20(32)21(24,25)26/h1-6,11-12H,7-10H2,(H,27,31)/b6-2+. The highest BCUT2D eigenvalue weighted by Gasteiger charge is 2.43. The van der Waals surface area contributed by atoms with Crippen molar-refractivity contribution in [2.45, 2.75) is 6.18 Å². The molecule has 34 heavy (non-hydrogen) atoms. The summed E-state index contributed by atoms with van der Waals surface area (Å²) >= 11 is 12.1. The molecule has 0 bridgehead atoms. The highest BCUT2D eigenvalue weighted by Crippen LogP contribution is 2.30. The van der Waals surface area contributed by atoms with E-state index in [0.29, 0.717) is 16.9 Å². The first-order chi connectivity index (χ1) is 16.0. The molecule has 1 aliphatic rings. The molecule has 0 saturated carbocycles. The lowest BCUT2D eigenvalue weighted by atomic mass is 10.2. The van der Waals surface area contributed by atoms with Crippen molar-refractivity contribution in [3.05, 3.63) is 68.2 Å². The van der Waals surface area contributed by atoms with Gasteiger partial charge in [-0.15, -0.1) is 0 Å². The van der Waals surface area contributed by atoms with Crippen LogP contribution in [-0.2, 0) is 9.59 Å². The van der Waals surface area contributed by atoms with Gasteiger partial charge in [0.05, 0.1) is 15.6 Å². The number of hydrogen-bond donors (Lipinski definition) is 1. The number of nitrogens with zero attached hydrogens (tertiary/aromatic N) is 3. The Morgan fingerprint density at radius 2 is 1.71 bits per heavy atom. The summed E-state index contributed by atoms with van der Waals surface area (Å²) in [5.74, 6) is -2.38. The summed E-state index contributed by atoms with van der Waals surface area (Å²) in [4.78, 5) is 36.4. The Morgan fingerprint density at radius 3 is 2.29 bits per heavy atom. The van der Waals surface area contributed by atoms with E-state index in [1.54, 1.807) is 17.0 Å². The number of nitro benzene ring substituents is 1. The molecule has 0 unspecified atom stereocenters. The molecule has 2 aromatic carbocycles. The summed E-state index contributed by atoms with van der Waals surface area (Å²) < 4.78 is 37.8. The predicted octanol–water partition coefficient (Wildman–Crippen LogP) is 4.76. The lowest BCUT2D eigenvalue weighted by molar-refractivity contribution is -0.384. The fraction of sp³-hybridized carbons (Fsp3) is 0.238. The van der Waals surface area contributed by atoms with Crippen LogP contribution in [0, 0.1) is 10.1 Å². The first-order valence-corrected chi connectivity index (χ1v) is 10.5. The number of piperazine rings is 1. The molecule has 1 fully saturated rings. The topological polar surface area (TPSA) is 95.8 Å². The zero-order valence-electron chi connectivity index (χ0n) is 17.3. The van der Waals surface area contributed by atoms with Crippen molar-refractivity contribution in [3.8, 4) is 0 Å². The Morgan fingerprint density at radius 1 is 1.03 bits per heavy atom. The second-order valence-corrected chi connectivity index (χ2v) is 8.05. The minimum Gasteiger partial charge on any atom is -0.367 e. The van der Waals surface area contributed by atoms with Gasteiger partial charge in [0.2, 0.25) is 5.91 Å². The van der Waals surface area contributed by atoms with Gasteiger partial charge in [0.1, 0.15) is 5.02 Å². The number of halogens is 5. The maximum absolute atomic E-state index is 12.6. The van der Waals surface area contributed by atoms with Crippen LogP contribution in [0.25, 0.3) is 6.08 Å². The van der Waals surface area contributed by atoms with Crippen molar-refractivity contribution in [2.75, 3.05) is 36.4 Å². The number of amides is 2. The Hall–Kier alpha value is -3.31. The summed E-state index contributed by atoms with van der Waals surface area (Å²) in [7, 11) is 0. The first kappa shape index (κ1) is 25.3. The number of anilines is 2. The Bertz CT molecular complexity index is 1150. The van der Waals surface area contributed by atoms with Gasteiger partial charge in [-0.1, -0.05) is 29.3 Å². The molecule has 0 spiro atoms. The summed E-state index contributed by atoms with van der Waals surface area (Å²) in [5, 5.41) is 13.8. The predicted molar refractivity (Wildman–Crippen MR) is 122 cm³/mol. The number of benzene rings is 2. The first-order valence-electron chi connectivity index (χ1n) is 9.79. The molecule has 1 aliphatic heterocycles. The number of carbonyl (C=O) groups is 2. The van der Waals surface area contributed by atoms with Crippen LogP contribution in [-0.4, -0.2) is 54.0 Å². The minimum atomic E-state index is -4.91. The molecule has 0 aliphatic carbocycles. The summed E-state index contributed by atoms with van der Waals surface area (Å²) in [5.41, 5.74) is 1.05. The number of nitro groups is 1. The molecule has 0 aromatic heterocycles. The van der Waals surface area contributed by atoms with Crippen LogP contribution < -0.4 is 10.2 Å². The molecule has 180 valence electrons. The average Bonchev–Trinajstić information content (AvgIpc) is 2.77. The van der Waals surface area contributed by atoms with Gasteiger partial charge in [0.25, 0.3) is 5.69 Å². The van der Waals surface area contributed by atoms with E-state index in [1.165, 1.54) is 36.4 Å². The van der Waals surface area contributed by atoms with Crippen molar-refractivity contribution in [1.29, 1.82) is 0 Å². The lowest BCUT2D eigenvalue weighted by Crippen LogP contribution is -2.52. The molecule has 1 saturated heterocycles. The van der Waals surface area contributed by atoms with Crippen LogP contribution in [0.4, 0.5) is 30.2 Å². The van der Waals surface area contributed by atoms with Gasteiger partial charge >= 0.3 is 12.1 Å². The largest absolute Gasteiger partial charge is 0.471 e. The lowest BCUT2D eigenvalue weighted by Gasteiger charge is -2.36. The van der Waals surface area contributed by atoms with Gasteiger partial charge in [-0.25, -0.2) is 0 Å². The van der Waals surface area contributed by atoms with E-state index in [9.17, 15) is 32.9 Å². The summed E-state index contributed by atoms with van der Waals surface area (Å²) in [6.45, 7) is 0.147. The van der Waals surface area contributed by atoms with E-state index < -0.39 is 22.9 Å². The van der Waals surface area contributed by atoms with Crippen LogP contribution in [0.3, 0.4) is 0 Å². The average molecular weight is 517 g/mol. The fourth-order valence-corrected chi connectivity index (χ4v) is 3.79. The van der Waals surface area contributed by atoms with E-state index in [-0.39, 0.29) is 41.9 Å². The highest BCUT2D eigenvalue weighted by molar-refractivity contribution is 6.33. The van der Waals surface area contributed by atoms with Gasteiger partial charge in [-0.2, -0.15) is 13.2 Å². The van der Waals surface area contributed by atoms with Crippen molar-refractivity contribution < 1.29 is 27.7 Å². The van der Waals surface area contributed by atoms with E-state index in [4.69, 9.17) is 23.2 Å². The van der Waals surface area contributed by atoms with Gasteiger partial charge in [0, 0.05) is 44.0 Å². The van der Waals surface area contributed by atoms with Crippen molar-refractivity contribution in [2.24, 2.45) is 0 Å². The third-order valence-electron chi connectivity index (χ3n) is 4.96. The zero-order chi connectivity index (χ0) is 25.0. The van der Waals surface area contributed by atoms with Crippen molar-refractivity contribution >= 4 is 58.2 Å². The van der Waals surface area contributed by atoms with Gasteiger partial charge in [0.15, 0.2) is 0 Å². The molecule has 1 N–H and O–H groups in total. The van der Waals surface area contributed by atoms with Crippen molar-refractivity contribution in [3.63, 3.8) is 0 Å². The molecular weight excluding hydrogens is 500 g/mol. The minimum absolute atomic E-state index is 0.0188. The van der Waals surface area contributed by atoms with Crippen LogP contribution in [0.5, 0.6) is 0 Å². The van der Waals surface area contributed by atoms with E-state index >= 15 is 0 Å². The van der Waals surface area contributed by atoms with E-state index in [0.717, 1.165) is 4.90 Å². The quantitative estimate of drug-likeness (QED) is 0.351. The van der Waals surface area contributed by atoms with Crippen molar-refractivity contribution in [1.82, 2.24) is 4.90 Å². The molecule has 8 nitrogen and oxygen atoms in total. The SMILES string of the molecule is O=C(/C=C/c1ccc(Cl)c([N+](=O)[O-])c1)Nc1ccc(N2CCN(C(=O)C(F)(F)F)CC2)c(Cl)c1. The van der Waals surface area contributed by atoms with Crippen LogP contribution in [0.1, 0.15) is 5.56 Å². The number of hydrogen-bond acceptors (Lipinski definition) is 5. The van der Waals surface area contributed by atoms with E-state index in [1.807, 2.05) is 0 Å². The van der Waals surface area contributed by atoms with Gasteiger partial charge < -0.3 is 15.1 Å². The summed E-state index contributed by atoms with van der Waals surface area (Å²) in [6, 6.07) is 8.79. The smallest absolute Gasteiger partial charge is 0.367 e. The third-order valence-corrected chi connectivity index (χ3v) is 5.58. The molecule has 1 heterocycles. The number of rotatable bonds is 5. The van der Waals surface area contributed by atoms with Crippen LogP contribution >= 0.6 is 23.2 Å². The molecule has 2 aromatic rings. The molecule has 3 rings (SSSR count). The Labute approximate surface area is 201 Å². The van der Waals surface area contributed by atoms with Crippen LogP contribution in [0.2, 0.25) is 10.0 Å². The second-order valence-electron chi connectivity index (χ2n) is 7.23. The second kappa shape index (κ2) is 10.3. The maximum Gasteiger partial charge on any atom is 0.471 e. The maximum atomic E-state index is 12.6.